The number of aromatic hydroxyl groups is 1. The number of methoxy groups -OCH3 is 1. The van der Waals surface area contributed by atoms with Gasteiger partial charge >= 0.3 is 12.0 Å². The largest absolute Gasteiger partial charge is 0.508 e. The monoisotopic (exact) mass is 964 g/mol. The molecule has 2 atom stereocenters. The third kappa shape index (κ3) is 9.09. The van der Waals surface area contributed by atoms with Crippen LogP contribution < -0.4 is 29.1 Å². The van der Waals surface area contributed by atoms with Crippen LogP contribution in [-0.4, -0.2) is 118 Å². The summed E-state index contributed by atoms with van der Waals surface area (Å²) in [7, 11) is 1.56. The third-order valence-corrected chi connectivity index (χ3v) is 14.5. The molecule has 4 aromatic carbocycles. The minimum atomic E-state index is -0.352. The normalized spacial score (nSPS) is 17.7. The third-order valence-electron chi connectivity index (χ3n) is 14.5. The summed E-state index contributed by atoms with van der Waals surface area (Å²) >= 11 is 0. The molecule has 0 bridgehead atoms. The quantitative estimate of drug-likeness (QED) is 0.130. The van der Waals surface area contributed by atoms with E-state index >= 15 is 0 Å². The Kier molecular flexibility index (Phi) is 13.2. The first kappa shape index (κ1) is 47.2. The van der Waals surface area contributed by atoms with Gasteiger partial charge in [0.2, 0.25) is 11.8 Å². The molecule has 17 heteroatoms. The number of ether oxygens (including phenoxy) is 2. The second kappa shape index (κ2) is 20.1. The molecule has 0 unspecified atom stereocenters. The van der Waals surface area contributed by atoms with Crippen molar-refractivity contribution in [1.29, 1.82) is 10.5 Å². The first-order valence-corrected chi connectivity index (χ1v) is 24.4. The molecule has 2 saturated heterocycles. The Labute approximate surface area is 418 Å². The predicted octanol–water partition coefficient (Wildman–Crippen LogP) is 6.53. The maximum atomic E-state index is 12.9. The van der Waals surface area contributed by atoms with Gasteiger partial charge in [-0.25, -0.2) is 0 Å². The van der Waals surface area contributed by atoms with Crippen molar-refractivity contribution in [2.75, 3.05) is 79.1 Å². The molecule has 0 aliphatic carbocycles. The number of piperazine rings is 2. The molecule has 0 saturated carbocycles. The SMILES string of the molecule is C=CC(=O)N1CCN(c2nc(OC)nc3c2CCN(c2cc(COc4nc5c(c(N6CCN(C(=O)C=C)[C@@H](CC#N)C6)n4)CCN(c4cc(O)cc6ccccc46)C5)cc4cccc(C)c24)C3)C[C@@H]1CC#N. The number of aromatic nitrogens is 4. The number of hydrogen-bond donors (Lipinski definition) is 1. The molecule has 4 aliphatic rings. The summed E-state index contributed by atoms with van der Waals surface area (Å²) in [6.07, 6.45) is 4.25. The smallest absolute Gasteiger partial charge is 0.319 e. The number of hydrogen-bond acceptors (Lipinski definition) is 15. The molecule has 0 spiro atoms. The molecule has 6 heterocycles. The van der Waals surface area contributed by atoms with E-state index in [9.17, 15) is 25.2 Å². The van der Waals surface area contributed by atoms with Gasteiger partial charge in [0.25, 0.3) is 0 Å². The number of amides is 2. The average molecular weight is 965 g/mol. The number of benzene rings is 4. The minimum Gasteiger partial charge on any atom is -0.508 e. The van der Waals surface area contributed by atoms with Crippen LogP contribution in [0.2, 0.25) is 0 Å². The van der Waals surface area contributed by atoms with E-state index < -0.39 is 0 Å². The van der Waals surface area contributed by atoms with E-state index in [1.165, 1.54) is 12.2 Å². The van der Waals surface area contributed by atoms with Crippen molar-refractivity contribution < 1.29 is 24.2 Å². The van der Waals surface area contributed by atoms with Crippen molar-refractivity contribution in [3.63, 3.8) is 0 Å². The van der Waals surface area contributed by atoms with Crippen molar-refractivity contribution in [3.05, 3.63) is 126 Å². The molecule has 2 fully saturated rings. The van der Waals surface area contributed by atoms with Crippen LogP contribution in [0.15, 0.2) is 92.0 Å². The number of aryl methyl sites for hydroxylation is 1. The molecule has 1 N–H and O–H groups in total. The van der Waals surface area contributed by atoms with Crippen molar-refractivity contribution >= 4 is 56.4 Å². The molecule has 0 radical (unpaired) electrons. The standard InChI is InChI=1S/C55H56N12O5/c1-5-49(69)66-24-22-64(30-39(66)14-18-56)52-43-17-21-63(33-45(43)58-54(60-52)71-4)48-27-36(26-38-12-9-10-35(3)51(38)48)34-72-55-59-46-32-62(47-29-41(68)28-37-11-7-8-13-42(37)47)20-16-44(46)53(61-55)65-23-25-67(50(70)6-2)40(31-65)15-19-57/h5-13,26-29,39-40,68H,1-2,14-17,20-25,30-34H2,3-4H3/t39-,40-/m0/s1. The van der Waals surface area contributed by atoms with Crippen LogP contribution in [0.1, 0.15) is 46.5 Å². The Morgan fingerprint density at radius 1 is 0.708 bits per heavy atom. The van der Waals surface area contributed by atoms with E-state index in [1.54, 1.807) is 29.0 Å². The maximum absolute atomic E-state index is 12.9. The van der Waals surface area contributed by atoms with E-state index in [0.717, 1.165) is 78.2 Å². The topological polar surface area (TPSA) is 191 Å². The van der Waals surface area contributed by atoms with Gasteiger partial charge in [-0.1, -0.05) is 55.6 Å². The highest BCUT2D eigenvalue weighted by molar-refractivity contribution is 5.98. The number of phenolic OH excluding ortho intramolecular Hbond substituents is 1. The second-order valence-corrected chi connectivity index (χ2v) is 18.7. The number of rotatable bonds is 12. The fraction of sp³-hybridized carbons (Fsp3) is 0.345. The summed E-state index contributed by atoms with van der Waals surface area (Å²) in [5, 5.41) is 34.5. The first-order valence-electron chi connectivity index (χ1n) is 24.4. The van der Waals surface area contributed by atoms with Gasteiger partial charge in [-0.05, 0) is 72.0 Å². The Balaban J connectivity index is 0.969. The maximum Gasteiger partial charge on any atom is 0.319 e. The first-order chi connectivity index (χ1) is 35.1. The van der Waals surface area contributed by atoms with E-state index in [2.05, 4.69) is 88.2 Å². The summed E-state index contributed by atoms with van der Waals surface area (Å²) in [4.78, 5) is 58.0. The van der Waals surface area contributed by atoms with E-state index in [1.807, 2.05) is 18.2 Å². The summed E-state index contributed by atoms with van der Waals surface area (Å²) < 4.78 is 12.3. The Hall–Kier alpha value is -8.44. The van der Waals surface area contributed by atoms with Crippen molar-refractivity contribution in [2.45, 2.75) is 64.4 Å². The fourth-order valence-electron chi connectivity index (χ4n) is 11.0. The second-order valence-electron chi connectivity index (χ2n) is 18.7. The zero-order chi connectivity index (χ0) is 50.0. The molecule has 4 aliphatic heterocycles. The van der Waals surface area contributed by atoms with E-state index in [-0.39, 0.29) is 61.1 Å². The van der Waals surface area contributed by atoms with Crippen molar-refractivity contribution in [3.8, 4) is 29.9 Å². The Bertz CT molecular complexity index is 3220. The van der Waals surface area contributed by atoms with E-state index in [4.69, 9.17) is 29.4 Å². The van der Waals surface area contributed by atoms with Crippen LogP contribution in [-0.2, 0) is 42.1 Å². The van der Waals surface area contributed by atoms with Crippen molar-refractivity contribution in [1.82, 2.24) is 29.7 Å². The summed E-state index contributed by atoms with van der Waals surface area (Å²) in [5.41, 5.74) is 7.68. The Morgan fingerprint density at radius 3 is 1.90 bits per heavy atom. The highest BCUT2D eigenvalue weighted by Crippen LogP contribution is 2.39. The summed E-state index contributed by atoms with van der Waals surface area (Å²) in [5.74, 6) is 1.30. The number of nitrogens with zero attached hydrogens (tertiary/aromatic N) is 12. The molecule has 2 aromatic heterocycles. The zero-order valence-electron chi connectivity index (χ0n) is 40.6. The molecule has 366 valence electrons. The molecule has 10 rings (SSSR count). The lowest BCUT2D eigenvalue weighted by Crippen LogP contribution is -2.55. The van der Waals surface area contributed by atoms with Gasteiger partial charge in [-0.3, -0.25) is 9.59 Å². The van der Waals surface area contributed by atoms with Gasteiger partial charge < -0.3 is 44.0 Å². The van der Waals surface area contributed by atoms with Gasteiger partial charge in [0.05, 0.1) is 68.7 Å². The number of carbonyl (C=O) groups excluding carboxylic acids is 2. The average Bonchev–Trinajstić information content (AvgIpc) is 3.40. The van der Waals surface area contributed by atoms with Gasteiger partial charge in [0, 0.05) is 91.7 Å². The number of fused-ring (bicyclic) bond motifs is 4. The number of nitriles is 2. The van der Waals surface area contributed by atoms with Gasteiger partial charge in [-0.15, -0.1) is 0 Å². The summed E-state index contributed by atoms with van der Waals surface area (Å²) in [6, 6.07) is 26.6. The molecular weight excluding hydrogens is 909 g/mol. The number of carbonyl (C=O) groups is 2. The van der Waals surface area contributed by atoms with Crippen LogP contribution in [0.4, 0.5) is 23.0 Å². The van der Waals surface area contributed by atoms with Crippen LogP contribution in [0.25, 0.3) is 21.5 Å². The van der Waals surface area contributed by atoms with Gasteiger partial charge in [0.1, 0.15) is 24.0 Å². The van der Waals surface area contributed by atoms with Crippen LogP contribution >= 0.6 is 0 Å². The fourth-order valence-corrected chi connectivity index (χ4v) is 11.0. The van der Waals surface area contributed by atoms with Crippen LogP contribution in [0, 0.1) is 29.6 Å². The molecule has 2 amide bonds. The lowest BCUT2D eigenvalue weighted by molar-refractivity contribution is -0.129. The molecule has 72 heavy (non-hydrogen) atoms. The summed E-state index contributed by atoms with van der Waals surface area (Å²) in [6.45, 7) is 14.7. The van der Waals surface area contributed by atoms with Crippen LogP contribution in [0.5, 0.6) is 17.8 Å². The van der Waals surface area contributed by atoms with E-state index in [0.29, 0.717) is 78.3 Å². The number of phenols is 1. The lowest BCUT2D eigenvalue weighted by Gasteiger charge is -2.42. The van der Waals surface area contributed by atoms with Crippen molar-refractivity contribution in [2.24, 2.45) is 0 Å². The minimum absolute atomic E-state index is 0.166. The predicted molar refractivity (Wildman–Crippen MR) is 275 cm³/mol. The van der Waals surface area contributed by atoms with Gasteiger partial charge in [0.15, 0.2) is 0 Å². The number of anilines is 4. The molecular formula is C55H56N12O5. The molecule has 6 aromatic rings. The lowest BCUT2D eigenvalue weighted by atomic mass is 9.97. The highest BCUT2D eigenvalue weighted by atomic mass is 16.5. The molecule has 17 nitrogen and oxygen atoms in total. The zero-order valence-corrected chi connectivity index (χ0v) is 40.6. The van der Waals surface area contributed by atoms with Crippen LogP contribution in [0.3, 0.4) is 0 Å². The van der Waals surface area contributed by atoms with Gasteiger partial charge in [-0.2, -0.15) is 30.5 Å². The Morgan fingerprint density at radius 2 is 1.29 bits per heavy atom. The highest BCUT2D eigenvalue weighted by Gasteiger charge is 2.36.